The van der Waals surface area contributed by atoms with E-state index in [4.69, 9.17) is 0 Å². The molecule has 19 heavy (non-hydrogen) atoms. The van der Waals surface area contributed by atoms with Crippen LogP contribution in [0.3, 0.4) is 0 Å². The summed E-state index contributed by atoms with van der Waals surface area (Å²) in [5.41, 5.74) is 1.12. The highest BCUT2D eigenvalue weighted by atomic mass is 79.9. The number of amides is 1. The number of carbonyl (C=O) groups excluding carboxylic acids is 1. The molecule has 100 valence electrons. The summed E-state index contributed by atoms with van der Waals surface area (Å²) in [5.74, 6) is -0.568. The number of benzene rings is 1. The lowest BCUT2D eigenvalue weighted by Gasteiger charge is -2.13. The average Bonchev–Trinajstić information content (AvgIpc) is 2.82. The number of nitrogens with zero attached hydrogens (tertiary/aromatic N) is 1. The van der Waals surface area contributed by atoms with E-state index in [1.165, 1.54) is 18.2 Å². The summed E-state index contributed by atoms with van der Waals surface area (Å²) in [4.78, 5) is 12.2. The van der Waals surface area contributed by atoms with E-state index in [-0.39, 0.29) is 17.8 Å². The standard InChI is InChI=1S/C14H14BrFN2O/c1-9(2)18-7-3-4-13(18)14(19)17-12-6-5-10(16)8-11(12)15/h3-9H,1-2H3,(H,17,19). The lowest BCUT2D eigenvalue weighted by Crippen LogP contribution is -2.18. The summed E-state index contributed by atoms with van der Waals surface area (Å²) in [6.45, 7) is 4.01. The molecule has 0 atom stereocenters. The fourth-order valence-electron chi connectivity index (χ4n) is 1.81. The molecule has 3 nitrogen and oxygen atoms in total. The topological polar surface area (TPSA) is 34.0 Å². The first kappa shape index (κ1) is 13.8. The molecule has 0 saturated heterocycles. The van der Waals surface area contributed by atoms with Crippen molar-refractivity contribution in [3.05, 3.63) is 52.5 Å². The van der Waals surface area contributed by atoms with Gasteiger partial charge in [0.05, 0.1) is 5.69 Å². The summed E-state index contributed by atoms with van der Waals surface area (Å²) in [5, 5.41) is 2.76. The Morgan fingerprint density at radius 2 is 2.11 bits per heavy atom. The minimum absolute atomic E-state index is 0.201. The maximum Gasteiger partial charge on any atom is 0.272 e. The molecule has 0 spiro atoms. The van der Waals surface area contributed by atoms with Crippen LogP contribution in [0.2, 0.25) is 0 Å². The third-order valence-electron chi connectivity index (χ3n) is 2.75. The van der Waals surface area contributed by atoms with Gasteiger partial charge in [0, 0.05) is 16.7 Å². The van der Waals surface area contributed by atoms with Gasteiger partial charge in [-0.25, -0.2) is 4.39 Å². The lowest BCUT2D eigenvalue weighted by atomic mass is 10.3. The van der Waals surface area contributed by atoms with Crippen molar-refractivity contribution < 1.29 is 9.18 Å². The number of hydrogen-bond donors (Lipinski definition) is 1. The fourth-order valence-corrected chi connectivity index (χ4v) is 2.26. The second-order valence-electron chi connectivity index (χ2n) is 4.47. The number of hydrogen-bond acceptors (Lipinski definition) is 1. The molecule has 0 radical (unpaired) electrons. The van der Waals surface area contributed by atoms with Crippen LogP contribution in [-0.4, -0.2) is 10.5 Å². The quantitative estimate of drug-likeness (QED) is 0.901. The number of aromatic nitrogens is 1. The summed E-state index contributed by atoms with van der Waals surface area (Å²) < 4.78 is 15.4. The zero-order valence-electron chi connectivity index (χ0n) is 10.7. The van der Waals surface area contributed by atoms with E-state index in [1.807, 2.05) is 30.7 Å². The summed E-state index contributed by atoms with van der Waals surface area (Å²) in [6.07, 6.45) is 1.86. The summed E-state index contributed by atoms with van der Waals surface area (Å²) in [6, 6.07) is 7.94. The monoisotopic (exact) mass is 324 g/mol. The van der Waals surface area contributed by atoms with Crippen LogP contribution in [0.1, 0.15) is 30.4 Å². The molecule has 1 aromatic heterocycles. The van der Waals surface area contributed by atoms with Gasteiger partial charge in [-0.1, -0.05) is 0 Å². The molecule has 0 aliphatic carbocycles. The predicted octanol–water partition coefficient (Wildman–Crippen LogP) is 4.22. The van der Waals surface area contributed by atoms with E-state index in [0.717, 1.165) is 0 Å². The van der Waals surface area contributed by atoms with Crippen LogP contribution in [0.5, 0.6) is 0 Å². The van der Waals surface area contributed by atoms with E-state index in [2.05, 4.69) is 21.2 Å². The Bertz CT molecular complexity index is 607. The van der Waals surface area contributed by atoms with Gasteiger partial charge in [-0.15, -0.1) is 0 Å². The van der Waals surface area contributed by atoms with Gasteiger partial charge in [0.25, 0.3) is 5.91 Å². The fraction of sp³-hybridized carbons (Fsp3) is 0.214. The second kappa shape index (κ2) is 5.57. The molecular weight excluding hydrogens is 311 g/mol. The molecule has 1 N–H and O–H groups in total. The number of carbonyl (C=O) groups is 1. The number of rotatable bonds is 3. The Balaban J connectivity index is 2.23. The smallest absolute Gasteiger partial charge is 0.272 e. The molecule has 5 heteroatoms. The zero-order valence-corrected chi connectivity index (χ0v) is 12.2. The largest absolute Gasteiger partial charge is 0.341 e. The van der Waals surface area contributed by atoms with Crippen molar-refractivity contribution in [1.29, 1.82) is 0 Å². The van der Waals surface area contributed by atoms with Crippen LogP contribution in [0, 0.1) is 5.82 Å². The molecular formula is C14H14BrFN2O. The molecule has 2 aromatic rings. The van der Waals surface area contributed by atoms with Crippen molar-refractivity contribution in [3.8, 4) is 0 Å². The third-order valence-corrected chi connectivity index (χ3v) is 3.40. The van der Waals surface area contributed by atoms with E-state index in [0.29, 0.717) is 15.9 Å². The van der Waals surface area contributed by atoms with Crippen molar-refractivity contribution >= 4 is 27.5 Å². The molecule has 0 aliphatic rings. The van der Waals surface area contributed by atoms with Crippen molar-refractivity contribution in [2.75, 3.05) is 5.32 Å². The molecule has 0 fully saturated rings. The summed E-state index contributed by atoms with van der Waals surface area (Å²) >= 11 is 3.22. The first-order valence-electron chi connectivity index (χ1n) is 5.92. The van der Waals surface area contributed by atoms with E-state index in [1.54, 1.807) is 6.07 Å². The van der Waals surface area contributed by atoms with Gasteiger partial charge in [0.2, 0.25) is 0 Å². The molecule has 0 bridgehead atoms. The maximum atomic E-state index is 13.0. The van der Waals surface area contributed by atoms with Crippen LogP contribution < -0.4 is 5.32 Å². The van der Waals surface area contributed by atoms with Gasteiger partial charge >= 0.3 is 0 Å². The van der Waals surface area contributed by atoms with Gasteiger partial charge in [-0.2, -0.15) is 0 Å². The average molecular weight is 325 g/mol. The van der Waals surface area contributed by atoms with Gasteiger partial charge in [0.1, 0.15) is 11.5 Å². The molecule has 0 aliphatic heterocycles. The molecule has 1 heterocycles. The molecule has 1 aromatic carbocycles. The minimum atomic E-state index is -0.351. The van der Waals surface area contributed by atoms with Crippen LogP contribution in [0.25, 0.3) is 0 Å². The summed E-state index contributed by atoms with van der Waals surface area (Å²) in [7, 11) is 0. The van der Waals surface area contributed by atoms with Gasteiger partial charge in [-0.05, 0) is 60.1 Å². The van der Waals surface area contributed by atoms with Crippen molar-refractivity contribution in [1.82, 2.24) is 4.57 Å². The molecule has 1 amide bonds. The Kier molecular flexibility index (Phi) is 4.04. The Labute approximate surface area is 119 Å². The SMILES string of the molecule is CC(C)n1cccc1C(=O)Nc1ccc(F)cc1Br. The van der Waals surface area contributed by atoms with Crippen molar-refractivity contribution in [3.63, 3.8) is 0 Å². The zero-order chi connectivity index (χ0) is 14.0. The lowest BCUT2D eigenvalue weighted by molar-refractivity contribution is 0.101. The highest BCUT2D eigenvalue weighted by Gasteiger charge is 2.14. The second-order valence-corrected chi connectivity index (χ2v) is 5.33. The Morgan fingerprint density at radius 1 is 1.37 bits per heavy atom. The Hall–Kier alpha value is -1.62. The van der Waals surface area contributed by atoms with Gasteiger partial charge < -0.3 is 9.88 Å². The van der Waals surface area contributed by atoms with Crippen molar-refractivity contribution in [2.45, 2.75) is 19.9 Å². The van der Waals surface area contributed by atoms with E-state index >= 15 is 0 Å². The normalized spacial score (nSPS) is 10.8. The number of nitrogens with one attached hydrogen (secondary N) is 1. The third kappa shape index (κ3) is 3.04. The molecule has 0 saturated carbocycles. The van der Waals surface area contributed by atoms with Crippen LogP contribution in [-0.2, 0) is 0 Å². The highest BCUT2D eigenvalue weighted by molar-refractivity contribution is 9.10. The molecule has 0 unspecified atom stereocenters. The number of anilines is 1. The maximum absolute atomic E-state index is 13.0. The van der Waals surface area contributed by atoms with Gasteiger partial charge in [0.15, 0.2) is 0 Å². The first-order chi connectivity index (χ1) is 8.99. The first-order valence-corrected chi connectivity index (χ1v) is 6.71. The van der Waals surface area contributed by atoms with Crippen LogP contribution in [0.15, 0.2) is 41.0 Å². The van der Waals surface area contributed by atoms with E-state index < -0.39 is 0 Å². The van der Waals surface area contributed by atoms with Crippen LogP contribution >= 0.6 is 15.9 Å². The van der Waals surface area contributed by atoms with Crippen molar-refractivity contribution in [2.24, 2.45) is 0 Å². The minimum Gasteiger partial charge on any atom is -0.341 e. The van der Waals surface area contributed by atoms with Crippen LogP contribution in [0.4, 0.5) is 10.1 Å². The Morgan fingerprint density at radius 3 is 2.74 bits per heavy atom. The number of halogens is 2. The van der Waals surface area contributed by atoms with Gasteiger partial charge in [-0.3, -0.25) is 4.79 Å². The molecule has 2 rings (SSSR count). The van der Waals surface area contributed by atoms with E-state index in [9.17, 15) is 9.18 Å². The predicted molar refractivity (Wildman–Crippen MR) is 76.9 cm³/mol. The highest BCUT2D eigenvalue weighted by Crippen LogP contribution is 2.24.